The smallest absolute Gasteiger partial charge is 0.0666 e. The van der Waals surface area contributed by atoms with E-state index in [0.717, 1.165) is 19.6 Å². The van der Waals surface area contributed by atoms with Gasteiger partial charge in [0, 0.05) is 13.1 Å². The van der Waals surface area contributed by atoms with Crippen LogP contribution >= 0.6 is 0 Å². The predicted octanol–water partition coefficient (Wildman–Crippen LogP) is 3.18. The second-order valence-corrected chi connectivity index (χ2v) is 4.20. The molecule has 1 aromatic rings. The van der Waals surface area contributed by atoms with Crippen LogP contribution in [0.5, 0.6) is 0 Å². The Bertz CT molecular complexity index is 376. The summed E-state index contributed by atoms with van der Waals surface area (Å²) in [6.45, 7) is 6.80. The van der Waals surface area contributed by atoms with Gasteiger partial charge >= 0.3 is 0 Å². The van der Waals surface area contributed by atoms with Crippen molar-refractivity contribution in [3.05, 3.63) is 42.0 Å². The lowest BCUT2D eigenvalue weighted by Crippen LogP contribution is -2.28. The minimum atomic E-state index is 0.0973. The maximum absolute atomic E-state index is 8.79. The van der Waals surface area contributed by atoms with Crippen molar-refractivity contribution in [3.63, 3.8) is 0 Å². The Kier molecular flexibility index (Phi) is 6.06. The first-order valence-electron chi connectivity index (χ1n) is 6.09. The standard InChI is InChI=1S/C15H20N2/c1-3-17(13-14(2)12-16)11-7-10-15-8-5-4-6-9-15/h4-10,14H,3,11,13H2,1-2H3. The van der Waals surface area contributed by atoms with Crippen molar-refractivity contribution in [2.45, 2.75) is 13.8 Å². The Morgan fingerprint density at radius 1 is 1.35 bits per heavy atom. The number of nitriles is 1. The third kappa shape index (κ3) is 5.33. The van der Waals surface area contributed by atoms with Crippen LogP contribution in [0.2, 0.25) is 0 Å². The summed E-state index contributed by atoms with van der Waals surface area (Å²) < 4.78 is 0. The molecule has 0 aromatic heterocycles. The Morgan fingerprint density at radius 3 is 2.65 bits per heavy atom. The first-order valence-corrected chi connectivity index (χ1v) is 6.09. The number of benzene rings is 1. The molecule has 0 saturated carbocycles. The zero-order chi connectivity index (χ0) is 12.5. The second-order valence-electron chi connectivity index (χ2n) is 4.20. The first kappa shape index (κ1) is 13.5. The van der Waals surface area contributed by atoms with Crippen LogP contribution in [-0.2, 0) is 0 Å². The fourth-order valence-electron chi connectivity index (χ4n) is 1.66. The summed E-state index contributed by atoms with van der Waals surface area (Å²) in [6.07, 6.45) is 4.28. The zero-order valence-corrected chi connectivity index (χ0v) is 10.6. The molecule has 2 nitrogen and oxygen atoms in total. The van der Waals surface area contributed by atoms with Crippen LogP contribution in [-0.4, -0.2) is 24.5 Å². The minimum Gasteiger partial charge on any atom is -0.299 e. The monoisotopic (exact) mass is 228 g/mol. The molecule has 1 unspecified atom stereocenters. The van der Waals surface area contributed by atoms with Crippen LogP contribution in [0.3, 0.4) is 0 Å². The van der Waals surface area contributed by atoms with Crippen molar-refractivity contribution in [2.75, 3.05) is 19.6 Å². The average Bonchev–Trinajstić information content (AvgIpc) is 2.38. The van der Waals surface area contributed by atoms with E-state index in [1.807, 2.05) is 25.1 Å². The van der Waals surface area contributed by atoms with E-state index < -0.39 is 0 Å². The van der Waals surface area contributed by atoms with Crippen LogP contribution in [0.15, 0.2) is 36.4 Å². The van der Waals surface area contributed by atoms with Gasteiger partial charge in [-0.1, -0.05) is 49.4 Å². The van der Waals surface area contributed by atoms with Gasteiger partial charge in [0.15, 0.2) is 0 Å². The normalized spacial score (nSPS) is 12.8. The molecule has 17 heavy (non-hydrogen) atoms. The molecule has 1 atom stereocenters. The van der Waals surface area contributed by atoms with Crippen molar-refractivity contribution < 1.29 is 0 Å². The summed E-state index contributed by atoms with van der Waals surface area (Å²) in [5.41, 5.74) is 1.22. The van der Waals surface area contributed by atoms with Crippen molar-refractivity contribution in [1.82, 2.24) is 4.90 Å². The third-order valence-corrected chi connectivity index (χ3v) is 2.67. The maximum atomic E-state index is 8.79. The third-order valence-electron chi connectivity index (χ3n) is 2.67. The molecule has 0 aliphatic heterocycles. The van der Waals surface area contributed by atoms with Crippen molar-refractivity contribution >= 4 is 6.08 Å². The lowest BCUT2D eigenvalue weighted by atomic mass is 10.2. The zero-order valence-electron chi connectivity index (χ0n) is 10.6. The molecule has 1 aromatic carbocycles. The van der Waals surface area contributed by atoms with Gasteiger partial charge in [-0.2, -0.15) is 5.26 Å². The fourth-order valence-corrected chi connectivity index (χ4v) is 1.66. The van der Waals surface area contributed by atoms with Gasteiger partial charge in [0.2, 0.25) is 0 Å². The summed E-state index contributed by atoms with van der Waals surface area (Å²) >= 11 is 0. The van der Waals surface area contributed by atoms with Gasteiger partial charge in [0.05, 0.1) is 12.0 Å². The van der Waals surface area contributed by atoms with Gasteiger partial charge in [-0.3, -0.25) is 4.90 Å². The SMILES string of the molecule is CCN(CC=Cc1ccccc1)CC(C)C#N. The maximum Gasteiger partial charge on any atom is 0.0666 e. The molecule has 90 valence electrons. The van der Waals surface area contributed by atoms with Crippen molar-refractivity contribution in [1.29, 1.82) is 5.26 Å². The van der Waals surface area contributed by atoms with Gasteiger partial charge < -0.3 is 0 Å². The fraction of sp³-hybridized carbons (Fsp3) is 0.400. The highest BCUT2D eigenvalue weighted by Gasteiger charge is 2.05. The number of hydrogen-bond acceptors (Lipinski definition) is 2. The summed E-state index contributed by atoms with van der Waals surface area (Å²) in [4.78, 5) is 2.27. The molecule has 1 rings (SSSR count). The quantitative estimate of drug-likeness (QED) is 0.747. The molecule has 0 heterocycles. The van der Waals surface area contributed by atoms with E-state index in [2.05, 4.69) is 42.2 Å². The lowest BCUT2D eigenvalue weighted by molar-refractivity contribution is 0.296. The Labute approximate surface area is 104 Å². The molecule has 2 heteroatoms. The summed E-state index contributed by atoms with van der Waals surface area (Å²) in [6, 6.07) is 12.5. The molecule has 0 radical (unpaired) electrons. The highest BCUT2D eigenvalue weighted by atomic mass is 15.1. The molecule has 0 spiro atoms. The highest BCUT2D eigenvalue weighted by molar-refractivity contribution is 5.48. The summed E-state index contributed by atoms with van der Waals surface area (Å²) in [7, 11) is 0. The topological polar surface area (TPSA) is 27.0 Å². The second kappa shape index (κ2) is 7.65. The van der Waals surface area contributed by atoms with E-state index in [9.17, 15) is 0 Å². The Morgan fingerprint density at radius 2 is 2.06 bits per heavy atom. The molecule has 0 aliphatic rings. The average molecular weight is 228 g/mol. The highest BCUT2D eigenvalue weighted by Crippen LogP contribution is 2.03. The van der Waals surface area contributed by atoms with Gasteiger partial charge in [0.1, 0.15) is 0 Å². The van der Waals surface area contributed by atoms with Gasteiger partial charge in [-0.25, -0.2) is 0 Å². The van der Waals surface area contributed by atoms with Crippen molar-refractivity contribution in [2.24, 2.45) is 5.92 Å². The largest absolute Gasteiger partial charge is 0.299 e. The summed E-state index contributed by atoms with van der Waals surface area (Å²) in [5.74, 6) is 0.0973. The molecule has 0 bridgehead atoms. The predicted molar refractivity (Wildman–Crippen MR) is 72.4 cm³/mol. The number of hydrogen-bond donors (Lipinski definition) is 0. The van der Waals surface area contributed by atoms with Crippen molar-refractivity contribution in [3.8, 4) is 6.07 Å². The molecule has 0 N–H and O–H groups in total. The molecule has 0 aliphatic carbocycles. The Balaban J connectivity index is 2.43. The van der Waals surface area contributed by atoms with E-state index in [4.69, 9.17) is 5.26 Å². The van der Waals surface area contributed by atoms with Crippen LogP contribution in [0.1, 0.15) is 19.4 Å². The van der Waals surface area contributed by atoms with Crippen LogP contribution in [0, 0.1) is 17.2 Å². The van der Waals surface area contributed by atoms with E-state index in [-0.39, 0.29) is 5.92 Å². The van der Waals surface area contributed by atoms with E-state index in [1.165, 1.54) is 5.56 Å². The van der Waals surface area contributed by atoms with E-state index >= 15 is 0 Å². The summed E-state index contributed by atoms with van der Waals surface area (Å²) in [5, 5.41) is 8.79. The van der Waals surface area contributed by atoms with E-state index in [1.54, 1.807) is 0 Å². The van der Waals surface area contributed by atoms with Gasteiger partial charge in [-0.05, 0) is 19.0 Å². The van der Waals surface area contributed by atoms with Crippen LogP contribution < -0.4 is 0 Å². The van der Waals surface area contributed by atoms with E-state index in [0.29, 0.717) is 0 Å². The van der Waals surface area contributed by atoms with Gasteiger partial charge in [0.25, 0.3) is 0 Å². The number of likely N-dealkylation sites (N-methyl/N-ethyl adjacent to an activating group) is 1. The van der Waals surface area contributed by atoms with Gasteiger partial charge in [-0.15, -0.1) is 0 Å². The molecular weight excluding hydrogens is 208 g/mol. The lowest BCUT2D eigenvalue weighted by Gasteiger charge is -2.19. The Hall–Kier alpha value is -1.59. The van der Waals surface area contributed by atoms with Crippen LogP contribution in [0.25, 0.3) is 6.08 Å². The first-order chi connectivity index (χ1) is 8.26. The molecular formula is C15H20N2. The van der Waals surface area contributed by atoms with Crippen LogP contribution in [0.4, 0.5) is 0 Å². The minimum absolute atomic E-state index is 0.0973. The number of rotatable bonds is 6. The molecule has 0 fully saturated rings. The number of nitrogens with zero attached hydrogens (tertiary/aromatic N) is 2. The molecule has 0 saturated heterocycles. The molecule has 0 amide bonds.